The van der Waals surface area contributed by atoms with Crippen LogP contribution in [-0.4, -0.2) is 21.0 Å². The van der Waals surface area contributed by atoms with Gasteiger partial charge in [-0.1, -0.05) is 12.8 Å². The highest BCUT2D eigenvalue weighted by Crippen LogP contribution is 2.45. The van der Waals surface area contributed by atoms with Gasteiger partial charge in [-0.05, 0) is 59.2 Å². The highest BCUT2D eigenvalue weighted by molar-refractivity contribution is 14.1. The molecule has 1 saturated carbocycles. The quantitative estimate of drug-likeness (QED) is 0.553. The second-order valence-electron chi connectivity index (χ2n) is 6.19. The first kappa shape index (κ1) is 14.7. The van der Waals surface area contributed by atoms with Crippen molar-refractivity contribution in [2.75, 3.05) is 0 Å². The molecule has 2 heterocycles. The number of benzene rings is 1. The second-order valence-corrected chi connectivity index (χ2v) is 7.44. The maximum absolute atomic E-state index is 12.3. The molecule has 0 amide bonds. The van der Waals surface area contributed by atoms with Crippen molar-refractivity contribution in [1.82, 2.24) is 9.97 Å². The van der Waals surface area contributed by atoms with E-state index in [2.05, 4.69) is 32.6 Å². The lowest BCUT2D eigenvalue weighted by atomic mass is 9.78. The van der Waals surface area contributed by atoms with E-state index in [1.807, 2.05) is 18.2 Å². The summed E-state index contributed by atoms with van der Waals surface area (Å²) in [5.41, 5.74) is 0.846. The van der Waals surface area contributed by atoms with Gasteiger partial charge < -0.3 is 15.1 Å². The van der Waals surface area contributed by atoms with Gasteiger partial charge in [0.15, 0.2) is 0 Å². The Bertz CT molecular complexity index is 996. The van der Waals surface area contributed by atoms with Crippen LogP contribution in [0.5, 0.6) is 0 Å². The van der Waals surface area contributed by atoms with Crippen LogP contribution >= 0.6 is 22.6 Å². The van der Waals surface area contributed by atoms with Gasteiger partial charge in [-0.25, -0.2) is 0 Å². The SMILES string of the molecule is O=C(O)C1(c2c[nH]c3c(=O)[nH]c4ccc(I)cc4c23)CCCC1. The van der Waals surface area contributed by atoms with Gasteiger partial charge in [-0.2, -0.15) is 0 Å². The fourth-order valence-corrected chi connectivity index (χ4v) is 4.34. The lowest BCUT2D eigenvalue weighted by Crippen LogP contribution is -2.32. The van der Waals surface area contributed by atoms with Gasteiger partial charge in [-0.15, -0.1) is 0 Å². The van der Waals surface area contributed by atoms with Gasteiger partial charge in [0.1, 0.15) is 5.52 Å². The molecule has 0 bridgehead atoms. The highest BCUT2D eigenvalue weighted by atomic mass is 127. The number of fused-ring (bicyclic) bond motifs is 3. The van der Waals surface area contributed by atoms with Crippen LogP contribution in [0.1, 0.15) is 31.2 Å². The third-order valence-electron chi connectivity index (χ3n) is 4.99. The van der Waals surface area contributed by atoms with Gasteiger partial charge in [0.25, 0.3) is 5.56 Å². The Morgan fingerprint density at radius 2 is 2.00 bits per heavy atom. The summed E-state index contributed by atoms with van der Waals surface area (Å²) >= 11 is 2.23. The van der Waals surface area contributed by atoms with E-state index in [0.717, 1.165) is 38.3 Å². The average molecular weight is 422 g/mol. The molecule has 2 aromatic heterocycles. The average Bonchev–Trinajstić information content (AvgIpc) is 3.15. The molecular weight excluding hydrogens is 407 g/mol. The predicted octanol–water partition coefficient (Wildman–Crippen LogP) is 3.51. The van der Waals surface area contributed by atoms with Crippen LogP contribution in [0.15, 0.2) is 29.2 Å². The lowest BCUT2D eigenvalue weighted by molar-refractivity contribution is -0.143. The molecule has 0 radical (unpaired) electrons. The molecule has 3 aromatic rings. The Labute approximate surface area is 145 Å². The van der Waals surface area contributed by atoms with Crippen molar-refractivity contribution >= 4 is 50.4 Å². The number of hydrogen-bond acceptors (Lipinski definition) is 2. The van der Waals surface area contributed by atoms with Crippen molar-refractivity contribution in [1.29, 1.82) is 0 Å². The first-order valence-corrected chi connectivity index (χ1v) is 8.67. The summed E-state index contributed by atoms with van der Waals surface area (Å²) < 4.78 is 1.05. The highest BCUT2D eigenvalue weighted by Gasteiger charge is 2.44. The molecule has 5 nitrogen and oxygen atoms in total. The van der Waals surface area contributed by atoms with Crippen LogP contribution in [-0.2, 0) is 10.2 Å². The van der Waals surface area contributed by atoms with E-state index in [9.17, 15) is 14.7 Å². The van der Waals surface area contributed by atoms with Gasteiger partial charge in [0.05, 0.1) is 5.41 Å². The number of carboxylic acid groups (broad SMARTS) is 1. The summed E-state index contributed by atoms with van der Waals surface area (Å²) in [6.07, 6.45) is 4.76. The normalized spacial score (nSPS) is 17.1. The zero-order valence-corrected chi connectivity index (χ0v) is 14.4. The number of carbonyl (C=O) groups is 1. The van der Waals surface area contributed by atoms with Crippen LogP contribution in [0.2, 0.25) is 0 Å². The lowest BCUT2D eigenvalue weighted by Gasteiger charge is -2.23. The Morgan fingerprint density at radius 1 is 1.26 bits per heavy atom. The van der Waals surface area contributed by atoms with Crippen molar-refractivity contribution in [2.45, 2.75) is 31.1 Å². The van der Waals surface area contributed by atoms with Gasteiger partial charge in [-0.3, -0.25) is 9.59 Å². The molecule has 118 valence electrons. The number of H-pyrrole nitrogens is 2. The van der Waals surface area contributed by atoms with Crippen molar-refractivity contribution < 1.29 is 9.90 Å². The number of halogens is 1. The van der Waals surface area contributed by atoms with Crippen LogP contribution in [0, 0.1) is 3.57 Å². The van der Waals surface area contributed by atoms with Crippen LogP contribution in [0.3, 0.4) is 0 Å². The summed E-state index contributed by atoms with van der Waals surface area (Å²) in [5, 5.41) is 11.5. The Hall–Kier alpha value is -1.83. The van der Waals surface area contributed by atoms with Crippen molar-refractivity contribution in [3.63, 3.8) is 0 Å². The summed E-state index contributed by atoms with van der Waals surface area (Å²) in [6, 6.07) is 5.80. The molecule has 23 heavy (non-hydrogen) atoms. The number of aromatic nitrogens is 2. The number of nitrogens with one attached hydrogen (secondary N) is 2. The summed E-state index contributed by atoms with van der Waals surface area (Å²) in [4.78, 5) is 30.3. The van der Waals surface area contributed by atoms with E-state index >= 15 is 0 Å². The molecule has 0 atom stereocenters. The molecule has 3 N–H and O–H groups in total. The Kier molecular flexibility index (Phi) is 3.26. The molecular formula is C17H15IN2O3. The molecule has 1 aliphatic rings. The minimum absolute atomic E-state index is 0.210. The summed E-state index contributed by atoms with van der Waals surface area (Å²) in [6.45, 7) is 0. The smallest absolute Gasteiger partial charge is 0.314 e. The second kappa shape index (κ2) is 5.09. The maximum atomic E-state index is 12.3. The minimum Gasteiger partial charge on any atom is -0.481 e. The minimum atomic E-state index is -0.889. The number of aromatic amines is 2. The van der Waals surface area contributed by atoms with E-state index in [1.54, 1.807) is 6.20 Å². The first-order valence-electron chi connectivity index (χ1n) is 7.59. The van der Waals surface area contributed by atoms with E-state index < -0.39 is 11.4 Å². The largest absolute Gasteiger partial charge is 0.481 e. The van der Waals surface area contributed by atoms with Crippen LogP contribution in [0.25, 0.3) is 21.8 Å². The van der Waals surface area contributed by atoms with Crippen LogP contribution < -0.4 is 5.56 Å². The number of hydrogen-bond donors (Lipinski definition) is 3. The third-order valence-corrected chi connectivity index (χ3v) is 5.66. The predicted molar refractivity (Wildman–Crippen MR) is 96.9 cm³/mol. The summed E-state index contributed by atoms with van der Waals surface area (Å²) in [7, 11) is 0. The third kappa shape index (κ3) is 2.04. The van der Waals surface area contributed by atoms with Crippen molar-refractivity contribution in [2.24, 2.45) is 0 Å². The number of carboxylic acids is 1. The van der Waals surface area contributed by atoms with Gasteiger partial charge >= 0.3 is 5.97 Å². The molecule has 0 unspecified atom stereocenters. The molecule has 4 rings (SSSR count). The molecule has 1 aliphatic carbocycles. The van der Waals surface area contributed by atoms with E-state index in [0.29, 0.717) is 18.4 Å². The molecule has 0 saturated heterocycles. The van der Waals surface area contributed by atoms with E-state index in [4.69, 9.17) is 0 Å². The topological polar surface area (TPSA) is 85.9 Å². The van der Waals surface area contributed by atoms with Gasteiger partial charge in [0.2, 0.25) is 0 Å². The zero-order valence-electron chi connectivity index (χ0n) is 12.3. The molecule has 1 aromatic carbocycles. The standard InChI is InChI=1S/C17H15IN2O3/c18-9-3-4-12-10(7-9)13-11(8-19-14(13)15(21)20-12)17(16(22)23)5-1-2-6-17/h3-4,7-8,19H,1-2,5-6H2,(H,20,21)(H,22,23). The van der Waals surface area contributed by atoms with Crippen molar-refractivity contribution in [3.8, 4) is 0 Å². The number of rotatable bonds is 2. The zero-order chi connectivity index (χ0) is 16.2. The van der Waals surface area contributed by atoms with E-state index in [1.165, 1.54) is 0 Å². The van der Waals surface area contributed by atoms with Crippen molar-refractivity contribution in [3.05, 3.63) is 43.9 Å². The first-order chi connectivity index (χ1) is 11.0. The molecule has 0 aliphatic heterocycles. The Morgan fingerprint density at radius 3 is 2.70 bits per heavy atom. The number of pyridine rings is 1. The molecule has 1 fully saturated rings. The molecule has 0 spiro atoms. The Balaban J connectivity index is 2.17. The maximum Gasteiger partial charge on any atom is 0.314 e. The summed E-state index contributed by atoms with van der Waals surface area (Å²) in [5.74, 6) is -0.796. The van der Waals surface area contributed by atoms with Crippen LogP contribution in [0.4, 0.5) is 0 Å². The monoisotopic (exact) mass is 422 g/mol. The molecule has 6 heteroatoms. The van der Waals surface area contributed by atoms with Gasteiger partial charge in [0, 0.05) is 26.1 Å². The fraction of sp³-hybridized carbons (Fsp3) is 0.294. The fourth-order valence-electron chi connectivity index (χ4n) is 3.85. The van der Waals surface area contributed by atoms with E-state index in [-0.39, 0.29) is 5.56 Å². The number of aliphatic carboxylic acids is 1.